The van der Waals surface area contributed by atoms with Crippen LogP contribution in [-0.2, 0) is 4.74 Å². The van der Waals surface area contributed by atoms with E-state index in [0.717, 1.165) is 0 Å². The van der Waals surface area contributed by atoms with Gasteiger partial charge in [-0.3, -0.25) is 0 Å². The van der Waals surface area contributed by atoms with Crippen molar-refractivity contribution in [1.82, 2.24) is 0 Å². The van der Waals surface area contributed by atoms with Crippen molar-refractivity contribution in [2.75, 3.05) is 7.11 Å². The van der Waals surface area contributed by atoms with Crippen LogP contribution in [0.1, 0.15) is 22.0 Å². The predicted octanol–water partition coefficient (Wildman–Crippen LogP) is 1.69. The predicted molar refractivity (Wildman–Crippen MR) is 52.9 cm³/mol. The lowest BCUT2D eigenvalue weighted by Gasteiger charge is -2.05. The van der Waals surface area contributed by atoms with Crippen LogP contribution in [0.4, 0.5) is 0 Å². The molecule has 0 saturated heterocycles. The summed E-state index contributed by atoms with van der Waals surface area (Å²) in [4.78, 5) is 11.1. The fourth-order valence-corrected chi connectivity index (χ4v) is 1.07. The summed E-state index contributed by atoms with van der Waals surface area (Å²) in [5.41, 5.74) is 1.17. The van der Waals surface area contributed by atoms with Gasteiger partial charge in [-0.25, -0.2) is 4.79 Å². The number of methoxy groups -OCH3 is 1. The average molecular weight is 192 g/mol. The van der Waals surface area contributed by atoms with Crippen LogP contribution in [0.15, 0.2) is 36.9 Å². The van der Waals surface area contributed by atoms with Gasteiger partial charge in [0.2, 0.25) is 0 Å². The molecule has 1 N–H and O–H groups in total. The molecular weight excluding hydrogens is 180 g/mol. The molecule has 0 aromatic heterocycles. The van der Waals surface area contributed by atoms with E-state index in [1.54, 1.807) is 24.3 Å². The number of esters is 1. The maximum Gasteiger partial charge on any atom is 0.337 e. The molecule has 0 radical (unpaired) electrons. The number of benzene rings is 1. The Kier molecular flexibility index (Phi) is 3.42. The van der Waals surface area contributed by atoms with Crippen molar-refractivity contribution in [3.8, 4) is 0 Å². The third kappa shape index (κ3) is 2.20. The van der Waals surface area contributed by atoms with Gasteiger partial charge in [-0.1, -0.05) is 18.2 Å². The van der Waals surface area contributed by atoms with Gasteiger partial charge >= 0.3 is 5.97 Å². The van der Waals surface area contributed by atoms with Gasteiger partial charge in [-0.15, -0.1) is 6.58 Å². The molecule has 0 unspecified atom stereocenters. The number of aliphatic hydroxyl groups is 1. The second kappa shape index (κ2) is 4.58. The second-order valence-electron chi connectivity index (χ2n) is 2.79. The highest BCUT2D eigenvalue weighted by Gasteiger charge is 2.06. The molecule has 0 spiro atoms. The summed E-state index contributed by atoms with van der Waals surface area (Å²) >= 11 is 0. The maximum atomic E-state index is 11.1. The molecule has 0 aliphatic heterocycles. The van der Waals surface area contributed by atoms with Gasteiger partial charge in [-0.2, -0.15) is 0 Å². The molecule has 1 aromatic carbocycles. The number of hydrogen-bond acceptors (Lipinski definition) is 3. The molecule has 74 valence electrons. The molecule has 1 rings (SSSR count). The smallest absolute Gasteiger partial charge is 0.337 e. The van der Waals surface area contributed by atoms with Crippen molar-refractivity contribution in [3.63, 3.8) is 0 Å². The summed E-state index contributed by atoms with van der Waals surface area (Å²) in [6.07, 6.45) is 0.731. The maximum absolute atomic E-state index is 11.1. The van der Waals surface area contributed by atoms with Crippen LogP contribution in [0.2, 0.25) is 0 Å². The van der Waals surface area contributed by atoms with E-state index >= 15 is 0 Å². The largest absolute Gasteiger partial charge is 0.465 e. The molecule has 1 aromatic rings. The summed E-state index contributed by atoms with van der Waals surface area (Å²) in [6.45, 7) is 3.47. The van der Waals surface area contributed by atoms with Gasteiger partial charge in [0.15, 0.2) is 0 Å². The molecule has 0 bridgehead atoms. The highest BCUT2D eigenvalue weighted by molar-refractivity contribution is 5.89. The number of carbonyl (C=O) groups excluding carboxylic acids is 1. The Bertz CT molecular complexity index is 327. The highest BCUT2D eigenvalue weighted by atomic mass is 16.5. The van der Waals surface area contributed by atoms with Gasteiger partial charge in [0.25, 0.3) is 0 Å². The lowest BCUT2D eigenvalue weighted by Crippen LogP contribution is -2.01. The van der Waals surface area contributed by atoms with E-state index in [2.05, 4.69) is 11.3 Å². The monoisotopic (exact) mass is 192 g/mol. The lowest BCUT2D eigenvalue weighted by atomic mass is 10.1. The average Bonchev–Trinajstić information content (AvgIpc) is 2.27. The summed E-state index contributed by atoms with van der Waals surface area (Å²) < 4.78 is 4.54. The molecule has 0 aliphatic rings. The molecule has 14 heavy (non-hydrogen) atoms. The van der Waals surface area contributed by atoms with Gasteiger partial charge in [0.05, 0.1) is 18.8 Å². The van der Waals surface area contributed by atoms with Crippen LogP contribution >= 0.6 is 0 Å². The molecule has 0 saturated carbocycles. The van der Waals surface area contributed by atoms with Gasteiger partial charge in [0.1, 0.15) is 0 Å². The summed E-state index contributed by atoms with van der Waals surface area (Å²) in [6, 6.07) is 6.54. The van der Waals surface area contributed by atoms with Crippen LogP contribution in [0.5, 0.6) is 0 Å². The number of hydrogen-bond donors (Lipinski definition) is 1. The van der Waals surface area contributed by atoms with Crippen LogP contribution in [0.25, 0.3) is 0 Å². The van der Waals surface area contributed by atoms with Crippen LogP contribution in [0, 0.1) is 0 Å². The minimum absolute atomic E-state index is 0.385. The van der Waals surface area contributed by atoms with Gasteiger partial charge in [-0.05, 0) is 17.7 Å². The quantitative estimate of drug-likeness (QED) is 0.585. The van der Waals surface area contributed by atoms with Crippen molar-refractivity contribution < 1.29 is 14.6 Å². The Morgan fingerprint density at radius 3 is 2.50 bits per heavy atom. The van der Waals surface area contributed by atoms with E-state index in [1.165, 1.54) is 13.2 Å². The fourth-order valence-electron chi connectivity index (χ4n) is 1.07. The molecule has 3 heteroatoms. The van der Waals surface area contributed by atoms with Crippen molar-refractivity contribution in [2.45, 2.75) is 6.10 Å². The third-order valence-electron chi connectivity index (χ3n) is 1.90. The van der Waals surface area contributed by atoms with Gasteiger partial charge in [0, 0.05) is 0 Å². The molecule has 0 heterocycles. The van der Waals surface area contributed by atoms with Crippen LogP contribution in [-0.4, -0.2) is 18.2 Å². The summed E-state index contributed by atoms with van der Waals surface area (Å²) in [5, 5.41) is 9.38. The molecule has 1 atom stereocenters. The van der Waals surface area contributed by atoms with Gasteiger partial charge < -0.3 is 9.84 Å². The zero-order chi connectivity index (χ0) is 10.6. The number of ether oxygens (including phenoxy) is 1. The molecule has 0 amide bonds. The molecule has 3 nitrogen and oxygen atoms in total. The molecular formula is C11H12O3. The zero-order valence-electron chi connectivity index (χ0n) is 7.93. The number of aliphatic hydroxyl groups excluding tert-OH is 1. The number of rotatable bonds is 3. The first-order chi connectivity index (χ1) is 6.69. The first-order valence-corrected chi connectivity index (χ1v) is 4.18. The molecule has 0 aliphatic carbocycles. The van der Waals surface area contributed by atoms with E-state index in [9.17, 15) is 9.90 Å². The Balaban J connectivity index is 2.88. The summed E-state index contributed by atoms with van der Waals surface area (Å²) in [7, 11) is 1.33. The van der Waals surface area contributed by atoms with E-state index in [0.29, 0.717) is 11.1 Å². The SMILES string of the molecule is C=C[C@H](O)c1ccc(C(=O)OC)cc1. The van der Waals surface area contributed by atoms with E-state index < -0.39 is 6.10 Å². The first kappa shape index (κ1) is 10.5. The van der Waals surface area contributed by atoms with Crippen molar-refractivity contribution >= 4 is 5.97 Å². The third-order valence-corrected chi connectivity index (χ3v) is 1.90. The molecule has 0 fully saturated rings. The van der Waals surface area contributed by atoms with Crippen LogP contribution < -0.4 is 0 Å². The zero-order valence-corrected chi connectivity index (χ0v) is 7.93. The van der Waals surface area contributed by atoms with E-state index in [-0.39, 0.29) is 5.97 Å². The Labute approximate surface area is 82.6 Å². The Morgan fingerprint density at radius 1 is 1.50 bits per heavy atom. The topological polar surface area (TPSA) is 46.5 Å². The van der Waals surface area contributed by atoms with E-state index in [4.69, 9.17) is 0 Å². The standard InChI is InChI=1S/C11H12O3/c1-3-10(12)8-4-6-9(7-5-8)11(13)14-2/h3-7,10,12H,1H2,2H3/t10-/m0/s1. The van der Waals surface area contributed by atoms with Crippen LogP contribution in [0.3, 0.4) is 0 Å². The normalized spacial score (nSPS) is 11.9. The Hall–Kier alpha value is -1.61. The highest BCUT2D eigenvalue weighted by Crippen LogP contribution is 2.14. The number of carbonyl (C=O) groups is 1. The Morgan fingerprint density at radius 2 is 2.07 bits per heavy atom. The van der Waals surface area contributed by atoms with Crippen molar-refractivity contribution in [1.29, 1.82) is 0 Å². The second-order valence-corrected chi connectivity index (χ2v) is 2.79. The van der Waals surface area contributed by atoms with Crippen molar-refractivity contribution in [3.05, 3.63) is 48.0 Å². The summed E-state index contributed by atoms with van der Waals surface area (Å²) in [5.74, 6) is -0.385. The lowest BCUT2D eigenvalue weighted by molar-refractivity contribution is 0.0600. The fraction of sp³-hybridized carbons (Fsp3) is 0.182. The van der Waals surface area contributed by atoms with Crippen molar-refractivity contribution in [2.24, 2.45) is 0 Å². The minimum Gasteiger partial charge on any atom is -0.465 e. The minimum atomic E-state index is -0.693. The van der Waals surface area contributed by atoms with E-state index in [1.807, 2.05) is 0 Å². The first-order valence-electron chi connectivity index (χ1n) is 4.18.